The molecule has 0 spiro atoms. The molecule has 0 radical (unpaired) electrons. The van der Waals surface area contributed by atoms with Crippen LogP contribution in [0, 0.1) is 5.92 Å². The molecule has 90 valence electrons. The maximum Gasteiger partial charge on any atom is 0.152 e. The molecular weight excluding hydrogens is 210 g/mol. The van der Waals surface area contributed by atoms with Crippen molar-refractivity contribution in [1.82, 2.24) is 5.32 Å². The molecule has 0 aromatic heterocycles. The van der Waals surface area contributed by atoms with E-state index < -0.39 is 9.84 Å². The van der Waals surface area contributed by atoms with Crippen LogP contribution in [0.15, 0.2) is 0 Å². The maximum atomic E-state index is 11.4. The molecule has 0 aromatic carbocycles. The van der Waals surface area contributed by atoms with Gasteiger partial charge in [0.05, 0.1) is 11.5 Å². The normalized spacial score (nSPS) is 32.1. The molecular formula is C11H23NO2S. The molecule has 1 fully saturated rings. The van der Waals surface area contributed by atoms with Crippen molar-refractivity contribution in [2.45, 2.75) is 52.1 Å². The summed E-state index contributed by atoms with van der Waals surface area (Å²) in [6.07, 6.45) is 1.80. The lowest BCUT2D eigenvalue weighted by Gasteiger charge is -2.32. The van der Waals surface area contributed by atoms with Crippen molar-refractivity contribution in [2.24, 2.45) is 5.92 Å². The van der Waals surface area contributed by atoms with E-state index in [-0.39, 0.29) is 5.54 Å². The van der Waals surface area contributed by atoms with E-state index in [1.807, 2.05) is 6.92 Å². The van der Waals surface area contributed by atoms with Gasteiger partial charge >= 0.3 is 0 Å². The third kappa shape index (κ3) is 3.45. The maximum absolute atomic E-state index is 11.4. The Kier molecular flexibility index (Phi) is 3.82. The number of hydrogen-bond acceptors (Lipinski definition) is 3. The number of nitrogens with one attached hydrogen (secondary N) is 1. The van der Waals surface area contributed by atoms with Crippen LogP contribution in [0.3, 0.4) is 0 Å². The van der Waals surface area contributed by atoms with E-state index in [0.717, 1.165) is 12.8 Å². The van der Waals surface area contributed by atoms with Crippen molar-refractivity contribution in [1.29, 1.82) is 0 Å². The highest BCUT2D eigenvalue weighted by molar-refractivity contribution is 7.91. The minimum absolute atomic E-state index is 0.205. The zero-order chi connectivity index (χ0) is 11.7. The fraction of sp³-hybridized carbons (Fsp3) is 1.00. The van der Waals surface area contributed by atoms with Gasteiger partial charge in [-0.3, -0.25) is 0 Å². The van der Waals surface area contributed by atoms with Crippen molar-refractivity contribution < 1.29 is 8.42 Å². The summed E-state index contributed by atoms with van der Waals surface area (Å²) >= 11 is 0. The molecule has 2 atom stereocenters. The van der Waals surface area contributed by atoms with E-state index in [1.54, 1.807) is 0 Å². The first-order chi connectivity index (χ1) is 6.78. The fourth-order valence-electron chi connectivity index (χ4n) is 2.31. The first-order valence-corrected chi connectivity index (χ1v) is 7.58. The van der Waals surface area contributed by atoms with E-state index in [1.165, 1.54) is 0 Å². The van der Waals surface area contributed by atoms with Crippen molar-refractivity contribution >= 4 is 9.84 Å². The van der Waals surface area contributed by atoms with Gasteiger partial charge in [-0.15, -0.1) is 0 Å². The predicted octanol–water partition coefficient (Wildman–Crippen LogP) is 1.59. The van der Waals surface area contributed by atoms with E-state index >= 15 is 0 Å². The van der Waals surface area contributed by atoms with Gasteiger partial charge in [-0.2, -0.15) is 0 Å². The molecule has 15 heavy (non-hydrogen) atoms. The second kappa shape index (κ2) is 4.42. The summed E-state index contributed by atoms with van der Waals surface area (Å²) in [5, 5.41) is 3.52. The second-order valence-corrected chi connectivity index (χ2v) is 7.49. The Morgan fingerprint density at radius 3 is 2.33 bits per heavy atom. The summed E-state index contributed by atoms with van der Waals surface area (Å²) in [6, 6.07) is 0.420. The van der Waals surface area contributed by atoms with Crippen LogP contribution in [-0.2, 0) is 9.84 Å². The Morgan fingerprint density at radius 2 is 2.00 bits per heavy atom. The van der Waals surface area contributed by atoms with E-state index in [9.17, 15) is 8.42 Å². The quantitative estimate of drug-likeness (QED) is 0.802. The third-order valence-electron chi connectivity index (χ3n) is 3.28. The highest BCUT2D eigenvalue weighted by Gasteiger charge is 2.39. The first-order valence-electron chi connectivity index (χ1n) is 5.76. The predicted molar refractivity (Wildman–Crippen MR) is 63.7 cm³/mol. The lowest BCUT2D eigenvalue weighted by molar-refractivity contribution is 0.284. The van der Waals surface area contributed by atoms with E-state index in [4.69, 9.17) is 0 Å². The molecule has 1 heterocycles. The van der Waals surface area contributed by atoms with Gasteiger partial charge in [-0.25, -0.2) is 8.42 Å². The summed E-state index contributed by atoms with van der Waals surface area (Å²) in [7, 11) is -2.80. The average Bonchev–Trinajstić information content (AvgIpc) is 2.37. The van der Waals surface area contributed by atoms with Gasteiger partial charge in [0.15, 0.2) is 9.84 Å². The average molecular weight is 233 g/mol. The van der Waals surface area contributed by atoms with Crippen LogP contribution >= 0.6 is 0 Å². The van der Waals surface area contributed by atoms with Gasteiger partial charge in [0.2, 0.25) is 0 Å². The van der Waals surface area contributed by atoms with Crippen molar-refractivity contribution in [3.05, 3.63) is 0 Å². The van der Waals surface area contributed by atoms with Gasteiger partial charge in [-0.05, 0) is 25.7 Å². The molecule has 1 rings (SSSR count). The van der Waals surface area contributed by atoms with Gasteiger partial charge in [0, 0.05) is 11.6 Å². The molecule has 0 aromatic rings. The summed E-state index contributed by atoms with van der Waals surface area (Å²) in [5.41, 5.74) is -0.205. The van der Waals surface area contributed by atoms with Crippen molar-refractivity contribution in [2.75, 3.05) is 11.5 Å². The van der Waals surface area contributed by atoms with Crippen LogP contribution < -0.4 is 5.32 Å². The van der Waals surface area contributed by atoms with Gasteiger partial charge < -0.3 is 5.32 Å². The largest absolute Gasteiger partial charge is 0.307 e. The van der Waals surface area contributed by atoms with Crippen LogP contribution in [0.25, 0.3) is 0 Å². The molecule has 0 amide bonds. The first kappa shape index (κ1) is 13.0. The molecule has 1 N–H and O–H groups in total. The Bertz CT molecular complexity index is 311. The fourth-order valence-corrected chi connectivity index (χ4v) is 4.42. The molecule has 2 unspecified atom stereocenters. The molecule has 1 saturated heterocycles. The Hall–Kier alpha value is -0.0900. The van der Waals surface area contributed by atoms with Gasteiger partial charge in [-0.1, -0.05) is 20.8 Å². The third-order valence-corrected chi connectivity index (χ3v) is 5.18. The van der Waals surface area contributed by atoms with Gasteiger partial charge in [0.1, 0.15) is 0 Å². The van der Waals surface area contributed by atoms with Gasteiger partial charge in [0.25, 0.3) is 0 Å². The second-order valence-electron chi connectivity index (χ2n) is 5.31. The molecule has 1 aliphatic rings. The van der Waals surface area contributed by atoms with Crippen LogP contribution in [0.5, 0.6) is 0 Å². The Balaban J connectivity index is 2.65. The van der Waals surface area contributed by atoms with Crippen LogP contribution in [0.2, 0.25) is 0 Å². The summed E-state index contributed by atoms with van der Waals surface area (Å²) < 4.78 is 22.9. The molecule has 0 bridgehead atoms. The zero-order valence-electron chi connectivity index (χ0n) is 10.2. The Morgan fingerprint density at radius 1 is 1.40 bits per heavy atom. The SMILES string of the molecule is CCC(NC1(C)CCS(=O)(=O)C1)C(C)C. The summed E-state index contributed by atoms with van der Waals surface area (Å²) in [6.45, 7) is 8.52. The van der Waals surface area contributed by atoms with Crippen LogP contribution in [-0.4, -0.2) is 31.5 Å². The molecule has 0 aliphatic carbocycles. The minimum Gasteiger partial charge on any atom is -0.307 e. The minimum atomic E-state index is -2.80. The highest BCUT2D eigenvalue weighted by Crippen LogP contribution is 2.25. The number of hydrogen-bond donors (Lipinski definition) is 1. The smallest absolute Gasteiger partial charge is 0.152 e. The zero-order valence-corrected chi connectivity index (χ0v) is 11.0. The van der Waals surface area contributed by atoms with Crippen molar-refractivity contribution in [3.8, 4) is 0 Å². The van der Waals surface area contributed by atoms with E-state index in [0.29, 0.717) is 23.5 Å². The molecule has 3 nitrogen and oxygen atoms in total. The highest BCUT2D eigenvalue weighted by atomic mass is 32.2. The van der Waals surface area contributed by atoms with Crippen LogP contribution in [0.1, 0.15) is 40.5 Å². The molecule has 4 heteroatoms. The topological polar surface area (TPSA) is 46.2 Å². The van der Waals surface area contributed by atoms with Crippen LogP contribution in [0.4, 0.5) is 0 Å². The Labute approximate surface area is 93.6 Å². The van der Waals surface area contributed by atoms with Crippen molar-refractivity contribution in [3.63, 3.8) is 0 Å². The number of sulfone groups is 1. The monoisotopic (exact) mass is 233 g/mol. The summed E-state index contributed by atoms with van der Waals surface area (Å²) in [5.74, 6) is 1.18. The van der Waals surface area contributed by atoms with E-state index in [2.05, 4.69) is 26.1 Å². The molecule has 0 saturated carbocycles. The standard InChI is InChI=1S/C11H23NO2S/c1-5-10(9(2)3)12-11(4)6-7-15(13,14)8-11/h9-10,12H,5-8H2,1-4H3. The number of rotatable bonds is 4. The summed E-state index contributed by atoms with van der Waals surface area (Å²) in [4.78, 5) is 0. The lowest BCUT2D eigenvalue weighted by Crippen LogP contribution is -2.50. The molecule has 1 aliphatic heterocycles. The lowest BCUT2D eigenvalue weighted by atomic mass is 9.95.